The molecule has 0 radical (unpaired) electrons. The van der Waals surface area contributed by atoms with Gasteiger partial charge < -0.3 is 11.1 Å². The first-order valence-electron chi connectivity index (χ1n) is 3.68. The lowest BCUT2D eigenvalue weighted by Gasteiger charge is -2.02. The van der Waals surface area contributed by atoms with E-state index in [9.17, 15) is 4.79 Å². The zero-order valence-electron chi connectivity index (χ0n) is 6.66. The number of nitrogens with one attached hydrogen (secondary N) is 1. The molecule has 3 N–H and O–H groups in total. The number of nitrogens with two attached hydrogens (primary N) is 1. The average molecular weight is 169 g/mol. The summed E-state index contributed by atoms with van der Waals surface area (Å²) in [7, 11) is 0. The monoisotopic (exact) mass is 169 g/mol. The van der Waals surface area contributed by atoms with Crippen LogP contribution < -0.4 is 11.1 Å². The third-order valence-corrected chi connectivity index (χ3v) is 1.46. The molecule has 12 heavy (non-hydrogen) atoms. The second-order valence-corrected chi connectivity index (χ2v) is 2.43. The number of hydrogen-bond acceptors (Lipinski definition) is 2. The van der Waals surface area contributed by atoms with E-state index in [2.05, 4.69) is 10.3 Å². The number of urea groups is 1. The van der Waals surface area contributed by atoms with Crippen molar-refractivity contribution in [3.63, 3.8) is 0 Å². The number of carbonyl (C=O) groups is 1. The number of allylic oxidation sites excluding steroid dienone is 2. The summed E-state index contributed by atoms with van der Waals surface area (Å²) < 4.78 is 0. The fourth-order valence-corrected chi connectivity index (χ4v) is 0.863. The molecular formula is C8H15N3O. The predicted molar refractivity (Wildman–Crippen MR) is 52.1 cm³/mol. The lowest BCUT2D eigenvalue weighted by atomic mass is 10.2. The average Bonchev–Trinajstić information content (AvgIpc) is 2.28. The van der Waals surface area contributed by atoms with E-state index in [-0.39, 0.29) is 2.85 Å². The van der Waals surface area contributed by atoms with E-state index in [1.165, 1.54) is 0 Å². The van der Waals surface area contributed by atoms with Gasteiger partial charge in [-0.3, -0.25) is 4.99 Å². The van der Waals surface area contributed by atoms with Gasteiger partial charge >= 0.3 is 6.03 Å². The first-order valence-corrected chi connectivity index (χ1v) is 3.68. The van der Waals surface area contributed by atoms with Crippen LogP contribution in [0.25, 0.3) is 0 Å². The van der Waals surface area contributed by atoms with Crippen molar-refractivity contribution >= 4 is 12.2 Å². The van der Waals surface area contributed by atoms with Crippen LogP contribution in [0.15, 0.2) is 28.9 Å². The zero-order valence-corrected chi connectivity index (χ0v) is 6.66. The number of primary amides is 1. The minimum Gasteiger partial charge on any atom is -0.352 e. The van der Waals surface area contributed by atoms with Gasteiger partial charge in [-0.1, -0.05) is 6.08 Å². The van der Waals surface area contributed by atoms with E-state index in [4.69, 9.17) is 5.73 Å². The van der Waals surface area contributed by atoms with Crippen molar-refractivity contribution in [3.8, 4) is 0 Å². The fraction of sp³-hybridized carbons (Fsp3) is 0.250. The van der Waals surface area contributed by atoms with Crippen LogP contribution in [-0.4, -0.2) is 18.8 Å². The zero-order chi connectivity index (χ0) is 8.81. The Kier molecular flexibility index (Phi) is 3.07. The van der Waals surface area contributed by atoms with Crippen LogP contribution in [0.2, 0.25) is 0 Å². The Labute approximate surface area is 73.8 Å². The molecule has 0 atom stereocenters. The number of hydrogen-bond donors (Lipinski definition) is 2. The van der Waals surface area contributed by atoms with E-state index in [0.717, 1.165) is 12.0 Å². The highest BCUT2D eigenvalue weighted by molar-refractivity contribution is 5.75. The molecule has 4 heteroatoms. The molecule has 68 valence electrons. The third-order valence-electron chi connectivity index (χ3n) is 1.46. The van der Waals surface area contributed by atoms with Gasteiger partial charge in [0.05, 0.1) is 0 Å². The summed E-state index contributed by atoms with van der Waals surface area (Å²) in [6.45, 7) is 0.492. The van der Waals surface area contributed by atoms with Gasteiger partial charge in [-0.25, -0.2) is 4.79 Å². The van der Waals surface area contributed by atoms with Crippen molar-refractivity contribution in [1.29, 1.82) is 0 Å². The van der Waals surface area contributed by atoms with Crippen LogP contribution >= 0.6 is 0 Å². The quantitative estimate of drug-likeness (QED) is 0.637. The lowest BCUT2D eigenvalue weighted by molar-refractivity contribution is 0.249. The molecule has 2 amide bonds. The molecule has 1 aliphatic heterocycles. The van der Waals surface area contributed by atoms with Crippen LogP contribution in [0.4, 0.5) is 4.79 Å². The van der Waals surface area contributed by atoms with Gasteiger partial charge in [0.15, 0.2) is 0 Å². The summed E-state index contributed by atoms with van der Waals surface area (Å²) in [6, 6.07) is -0.499. The smallest absolute Gasteiger partial charge is 0.312 e. The summed E-state index contributed by atoms with van der Waals surface area (Å²) in [5.41, 5.74) is 6.01. The lowest BCUT2D eigenvalue weighted by Crippen LogP contribution is -2.30. The maximum Gasteiger partial charge on any atom is 0.312 e. The standard InChI is InChI=1S/C8H11N3O.2H2/c9-8(12)11-6-7-2-1-4-10-5-3-7;;/h1,3-5H,2,6H2,(H3,9,11,12);2*1H. The Morgan fingerprint density at radius 3 is 3.42 bits per heavy atom. The Morgan fingerprint density at radius 1 is 1.83 bits per heavy atom. The molecule has 0 saturated heterocycles. The number of aliphatic imine (C=N–C) groups is 1. The summed E-state index contributed by atoms with van der Waals surface area (Å²) >= 11 is 0. The molecule has 1 rings (SSSR count). The topological polar surface area (TPSA) is 67.5 Å². The van der Waals surface area contributed by atoms with Gasteiger partial charge in [0, 0.05) is 21.8 Å². The van der Waals surface area contributed by atoms with Crippen LogP contribution in [0.1, 0.15) is 9.27 Å². The highest BCUT2D eigenvalue weighted by Gasteiger charge is 1.97. The van der Waals surface area contributed by atoms with Crippen LogP contribution in [0.3, 0.4) is 0 Å². The fourth-order valence-electron chi connectivity index (χ4n) is 0.863. The normalized spacial score (nSPS) is 15.2. The van der Waals surface area contributed by atoms with Crippen molar-refractivity contribution in [3.05, 3.63) is 23.9 Å². The maximum absolute atomic E-state index is 10.4. The largest absolute Gasteiger partial charge is 0.352 e. The van der Waals surface area contributed by atoms with Gasteiger partial charge in [0.2, 0.25) is 0 Å². The first-order chi connectivity index (χ1) is 5.79. The number of amides is 2. The molecule has 0 fully saturated rings. The molecule has 0 spiro atoms. The van der Waals surface area contributed by atoms with Gasteiger partial charge in [-0.15, -0.1) is 0 Å². The Balaban J connectivity index is 0. The highest BCUT2D eigenvalue weighted by Crippen LogP contribution is 2.02. The second-order valence-electron chi connectivity index (χ2n) is 2.43. The van der Waals surface area contributed by atoms with Gasteiger partial charge in [-0.2, -0.15) is 0 Å². The molecule has 1 heterocycles. The molecular weight excluding hydrogens is 154 g/mol. The predicted octanol–water partition coefficient (Wildman–Crippen LogP) is 1.06. The van der Waals surface area contributed by atoms with E-state index in [1.54, 1.807) is 12.4 Å². The second kappa shape index (κ2) is 4.33. The van der Waals surface area contributed by atoms with Crippen molar-refractivity contribution < 1.29 is 7.65 Å². The summed E-state index contributed by atoms with van der Waals surface area (Å²) in [5.74, 6) is 0. The van der Waals surface area contributed by atoms with Crippen molar-refractivity contribution in [2.24, 2.45) is 10.7 Å². The van der Waals surface area contributed by atoms with E-state index >= 15 is 0 Å². The Bertz CT molecular complexity index is 261. The minimum atomic E-state index is -0.499. The number of nitrogens with zero attached hydrogens (tertiary/aromatic N) is 1. The van der Waals surface area contributed by atoms with Crippen molar-refractivity contribution in [2.45, 2.75) is 6.42 Å². The molecule has 1 aliphatic rings. The molecule has 0 aromatic carbocycles. The van der Waals surface area contributed by atoms with E-state index in [1.807, 2.05) is 12.2 Å². The maximum atomic E-state index is 10.4. The minimum absolute atomic E-state index is 0. The van der Waals surface area contributed by atoms with Crippen LogP contribution in [0.5, 0.6) is 0 Å². The van der Waals surface area contributed by atoms with Crippen molar-refractivity contribution in [2.75, 3.05) is 6.54 Å². The Hall–Kier alpha value is -1.58. The Morgan fingerprint density at radius 2 is 2.67 bits per heavy atom. The third kappa shape index (κ3) is 3.01. The molecule has 0 aromatic heterocycles. The van der Waals surface area contributed by atoms with E-state index in [0.29, 0.717) is 6.54 Å². The van der Waals surface area contributed by atoms with E-state index < -0.39 is 6.03 Å². The summed E-state index contributed by atoms with van der Waals surface area (Å²) in [6.07, 6.45) is 8.03. The molecule has 0 saturated carbocycles. The van der Waals surface area contributed by atoms with Crippen molar-refractivity contribution in [1.82, 2.24) is 5.32 Å². The molecule has 0 bridgehead atoms. The first kappa shape index (κ1) is 8.52. The summed E-state index contributed by atoms with van der Waals surface area (Å²) in [5, 5.41) is 2.52. The molecule has 0 unspecified atom stereocenters. The number of carbonyl (C=O) groups excluding carboxylic acids is 1. The van der Waals surface area contributed by atoms with Gasteiger partial charge in [-0.05, 0) is 18.1 Å². The van der Waals surface area contributed by atoms with Gasteiger partial charge in [0.1, 0.15) is 0 Å². The molecule has 0 aromatic rings. The SMILES string of the molecule is NC(=O)NCC1=CC=NC=CC1.[HH].[HH]. The van der Waals surface area contributed by atoms with Crippen LogP contribution in [0, 0.1) is 0 Å². The van der Waals surface area contributed by atoms with Crippen LogP contribution in [-0.2, 0) is 0 Å². The number of rotatable bonds is 2. The molecule has 0 aliphatic carbocycles. The van der Waals surface area contributed by atoms with Gasteiger partial charge in [0.25, 0.3) is 0 Å². The highest BCUT2D eigenvalue weighted by atomic mass is 16.2. The molecule has 4 nitrogen and oxygen atoms in total. The summed E-state index contributed by atoms with van der Waals surface area (Å²) in [4.78, 5) is 14.3.